The Labute approximate surface area is 163 Å². The highest BCUT2D eigenvalue weighted by Crippen LogP contribution is 2.29. The number of ether oxygens (including phenoxy) is 1. The number of hydrogen-bond donors (Lipinski definition) is 2. The summed E-state index contributed by atoms with van der Waals surface area (Å²) in [6.07, 6.45) is 0.605. The molecule has 150 valence electrons. The Kier molecular flexibility index (Phi) is 6.16. The molecule has 0 saturated carbocycles. The maximum absolute atomic E-state index is 12.4. The van der Waals surface area contributed by atoms with Crippen molar-refractivity contribution in [2.45, 2.75) is 45.4 Å². The van der Waals surface area contributed by atoms with Crippen LogP contribution >= 0.6 is 0 Å². The number of anilines is 1. The number of hydrogen-bond acceptors (Lipinski definition) is 5. The van der Waals surface area contributed by atoms with Gasteiger partial charge in [-0.05, 0) is 42.2 Å². The molecular weight excluding hydrogens is 362 g/mol. The molecule has 0 aliphatic carbocycles. The van der Waals surface area contributed by atoms with Crippen molar-refractivity contribution >= 4 is 17.6 Å². The van der Waals surface area contributed by atoms with Crippen LogP contribution in [-0.2, 0) is 16.1 Å². The van der Waals surface area contributed by atoms with Gasteiger partial charge in [-0.3, -0.25) is 4.79 Å². The molecule has 1 fully saturated rings. The molecule has 2 unspecified atom stereocenters. The second kappa shape index (κ2) is 8.58. The number of carboxylic acid groups (broad SMARTS) is 1. The lowest BCUT2D eigenvalue weighted by Crippen LogP contribution is -2.36. The highest BCUT2D eigenvalue weighted by atomic mass is 16.5. The topological polar surface area (TPSA) is 100 Å². The summed E-state index contributed by atoms with van der Waals surface area (Å²) in [5.41, 5.74) is 1.60. The van der Waals surface area contributed by atoms with Crippen LogP contribution in [0.3, 0.4) is 0 Å². The number of furan rings is 1. The maximum Gasteiger partial charge on any atom is 0.371 e. The Hall–Kier alpha value is -2.64. The summed E-state index contributed by atoms with van der Waals surface area (Å²) in [6, 6.07) is 10.3. The van der Waals surface area contributed by atoms with Gasteiger partial charge in [0.15, 0.2) is 0 Å². The number of aromatic carboxylic acids is 1. The van der Waals surface area contributed by atoms with Gasteiger partial charge in [0.2, 0.25) is 11.7 Å². The van der Waals surface area contributed by atoms with Gasteiger partial charge in [0.25, 0.3) is 0 Å². The van der Waals surface area contributed by atoms with Gasteiger partial charge < -0.3 is 24.3 Å². The van der Waals surface area contributed by atoms with E-state index in [4.69, 9.17) is 14.3 Å². The summed E-state index contributed by atoms with van der Waals surface area (Å²) < 4.78 is 10.8. The molecule has 1 aromatic carbocycles. The van der Waals surface area contributed by atoms with Crippen LogP contribution < -0.4 is 4.90 Å². The number of rotatable bonds is 8. The first kappa shape index (κ1) is 20.1. The fourth-order valence-corrected chi connectivity index (χ4v) is 3.34. The number of amides is 1. The van der Waals surface area contributed by atoms with Crippen molar-refractivity contribution in [3.63, 3.8) is 0 Å². The zero-order valence-corrected chi connectivity index (χ0v) is 16.0. The van der Waals surface area contributed by atoms with Crippen LogP contribution in [-0.4, -0.2) is 34.7 Å². The Bertz CT molecular complexity index is 826. The minimum Gasteiger partial charge on any atom is -0.475 e. The summed E-state index contributed by atoms with van der Waals surface area (Å²) in [5, 5.41) is 19.0. The molecule has 1 saturated heterocycles. The minimum absolute atomic E-state index is 0.0388. The highest BCUT2D eigenvalue weighted by Gasteiger charge is 2.32. The molecule has 0 bridgehead atoms. The third kappa shape index (κ3) is 4.43. The summed E-state index contributed by atoms with van der Waals surface area (Å²) >= 11 is 0. The molecule has 2 aromatic rings. The van der Waals surface area contributed by atoms with Gasteiger partial charge in [0, 0.05) is 12.1 Å². The first-order chi connectivity index (χ1) is 13.4. The standard InChI is InChI=1S/C21H25NO6/c1-13(2)20(24)14-3-5-15(6-4-14)22-16(7-10-19(22)23)11-27-12-17-8-9-18(28-17)21(25)26/h3-6,8-9,13,16,20,24H,7,10-12H2,1-2H3,(H,25,26). The van der Waals surface area contributed by atoms with Gasteiger partial charge in [-0.1, -0.05) is 26.0 Å². The van der Waals surface area contributed by atoms with Gasteiger partial charge in [-0.2, -0.15) is 0 Å². The van der Waals surface area contributed by atoms with Gasteiger partial charge >= 0.3 is 5.97 Å². The van der Waals surface area contributed by atoms with Crippen molar-refractivity contribution in [1.29, 1.82) is 0 Å². The van der Waals surface area contributed by atoms with E-state index in [0.29, 0.717) is 25.2 Å². The monoisotopic (exact) mass is 387 g/mol. The molecule has 2 atom stereocenters. The van der Waals surface area contributed by atoms with Gasteiger partial charge in [0.1, 0.15) is 12.4 Å². The molecule has 2 heterocycles. The quantitative estimate of drug-likeness (QED) is 0.720. The molecule has 28 heavy (non-hydrogen) atoms. The van der Waals surface area contributed by atoms with E-state index in [1.54, 1.807) is 11.0 Å². The zero-order chi connectivity index (χ0) is 20.3. The molecule has 1 aliphatic rings. The fraction of sp³-hybridized carbons (Fsp3) is 0.429. The molecule has 7 nitrogen and oxygen atoms in total. The summed E-state index contributed by atoms with van der Waals surface area (Å²) in [5.74, 6) is -0.661. The van der Waals surface area contributed by atoms with Crippen molar-refractivity contribution in [3.05, 3.63) is 53.5 Å². The summed E-state index contributed by atoms with van der Waals surface area (Å²) in [7, 11) is 0. The highest BCUT2D eigenvalue weighted by molar-refractivity contribution is 5.96. The molecular formula is C21H25NO6. The third-order valence-electron chi connectivity index (χ3n) is 4.90. The number of carboxylic acids is 1. The predicted molar refractivity (Wildman–Crippen MR) is 102 cm³/mol. The van der Waals surface area contributed by atoms with E-state index in [1.807, 2.05) is 38.1 Å². The SMILES string of the molecule is CC(C)C(O)c1ccc(N2C(=O)CCC2COCc2ccc(C(=O)O)o2)cc1. The average molecular weight is 387 g/mol. The molecule has 3 rings (SSSR count). The number of nitrogens with zero attached hydrogens (tertiary/aromatic N) is 1. The first-order valence-corrected chi connectivity index (χ1v) is 9.36. The zero-order valence-electron chi connectivity index (χ0n) is 16.0. The van der Waals surface area contributed by atoms with E-state index >= 15 is 0 Å². The molecule has 0 spiro atoms. The Morgan fingerprint density at radius 3 is 2.57 bits per heavy atom. The van der Waals surface area contributed by atoms with E-state index in [-0.39, 0.29) is 30.2 Å². The van der Waals surface area contributed by atoms with Crippen molar-refractivity contribution in [3.8, 4) is 0 Å². The lowest BCUT2D eigenvalue weighted by atomic mass is 9.99. The van der Waals surface area contributed by atoms with Gasteiger partial charge in [0.05, 0.1) is 18.8 Å². The number of benzene rings is 1. The maximum atomic E-state index is 12.4. The van der Waals surface area contributed by atoms with Gasteiger partial charge in [-0.15, -0.1) is 0 Å². The lowest BCUT2D eigenvalue weighted by Gasteiger charge is -2.25. The number of aliphatic hydroxyl groups is 1. The minimum atomic E-state index is -1.12. The normalized spacial score (nSPS) is 18.1. The Balaban J connectivity index is 1.61. The average Bonchev–Trinajstić information content (AvgIpc) is 3.28. The second-order valence-corrected chi connectivity index (χ2v) is 7.32. The van der Waals surface area contributed by atoms with Crippen LogP contribution in [0.4, 0.5) is 5.69 Å². The van der Waals surface area contributed by atoms with E-state index in [1.165, 1.54) is 6.07 Å². The van der Waals surface area contributed by atoms with Crippen LogP contribution in [0.25, 0.3) is 0 Å². The number of carbonyl (C=O) groups is 2. The van der Waals surface area contributed by atoms with Gasteiger partial charge in [-0.25, -0.2) is 4.79 Å². The summed E-state index contributed by atoms with van der Waals surface area (Å²) in [4.78, 5) is 24.9. The van der Waals surface area contributed by atoms with E-state index < -0.39 is 12.1 Å². The smallest absolute Gasteiger partial charge is 0.371 e. The molecule has 2 N–H and O–H groups in total. The van der Waals surface area contributed by atoms with Crippen LogP contribution in [0.2, 0.25) is 0 Å². The van der Waals surface area contributed by atoms with Crippen LogP contribution in [0, 0.1) is 5.92 Å². The van der Waals surface area contributed by atoms with Crippen molar-refractivity contribution < 1.29 is 29.0 Å². The van der Waals surface area contributed by atoms with Crippen molar-refractivity contribution in [1.82, 2.24) is 0 Å². The molecule has 1 amide bonds. The predicted octanol–water partition coefficient (Wildman–Crippen LogP) is 3.38. The summed E-state index contributed by atoms with van der Waals surface area (Å²) in [6.45, 7) is 4.37. The first-order valence-electron chi connectivity index (χ1n) is 9.36. The number of carbonyl (C=O) groups excluding carboxylic acids is 1. The molecule has 0 radical (unpaired) electrons. The molecule has 1 aromatic heterocycles. The van der Waals surface area contributed by atoms with Crippen molar-refractivity contribution in [2.24, 2.45) is 5.92 Å². The molecule has 1 aliphatic heterocycles. The lowest BCUT2D eigenvalue weighted by molar-refractivity contribution is -0.117. The van der Waals surface area contributed by atoms with Crippen LogP contribution in [0.1, 0.15) is 54.7 Å². The van der Waals surface area contributed by atoms with E-state index in [9.17, 15) is 14.7 Å². The molecule has 7 heteroatoms. The Morgan fingerprint density at radius 2 is 1.96 bits per heavy atom. The number of aliphatic hydroxyl groups excluding tert-OH is 1. The second-order valence-electron chi connectivity index (χ2n) is 7.32. The Morgan fingerprint density at radius 1 is 1.25 bits per heavy atom. The van der Waals surface area contributed by atoms with E-state index in [2.05, 4.69) is 0 Å². The van der Waals surface area contributed by atoms with Crippen LogP contribution in [0.15, 0.2) is 40.8 Å². The largest absolute Gasteiger partial charge is 0.475 e. The van der Waals surface area contributed by atoms with Crippen LogP contribution in [0.5, 0.6) is 0 Å². The van der Waals surface area contributed by atoms with E-state index in [0.717, 1.165) is 11.3 Å². The third-order valence-corrected chi connectivity index (χ3v) is 4.90. The fourth-order valence-electron chi connectivity index (χ4n) is 3.34. The van der Waals surface area contributed by atoms with Crippen molar-refractivity contribution in [2.75, 3.05) is 11.5 Å².